The van der Waals surface area contributed by atoms with Gasteiger partial charge in [-0.15, -0.1) is 12.4 Å². The van der Waals surface area contributed by atoms with Crippen LogP contribution in [0.2, 0.25) is 0 Å². The highest BCUT2D eigenvalue weighted by molar-refractivity contribution is 5.94. The molecule has 0 aromatic heterocycles. The van der Waals surface area contributed by atoms with Crippen LogP contribution in [-0.2, 0) is 0 Å². The maximum absolute atomic E-state index is 12.8. The summed E-state index contributed by atoms with van der Waals surface area (Å²) in [6.07, 6.45) is 8.81. The van der Waals surface area contributed by atoms with E-state index in [0.29, 0.717) is 6.10 Å². The molecule has 5 heteroatoms. The Morgan fingerprint density at radius 2 is 1.54 bits per heavy atom. The summed E-state index contributed by atoms with van der Waals surface area (Å²) in [6.45, 7) is 4.03. The van der Waals surface area contributed by atoms with Gasteiger partial charge in [0.05, 0.1) is 6.10 Å². The number of benzene rings is 1. The zero-order chi connectivity index (χ0) is 17.1. The topological polar surface area (TPSA) is 41.6 Å². The molecule has 3 aliphatic rings. The van der Waals surface area contributed by atoms with E-state index < -0.39 is 0 Å². The fraction of sp³-hybridized carbons (Fsp3) is 0.667. The lowest BCUT2D eigenvalue weighted by molar-refractivity contribution is 0.0758. The largest absolute Gasteiger partial charge is 0.490 e. The Labute approximate surface area is 163 Å². The second-order valence-electron chi connectivity index (χ2n) is 7.95. The maximum Gasteiger partial charge on any atom is 0.253 e. The van der Waals surface area contributed by atoms with Gasteiger partial charge in [-0.05, 0) is 87.7 Å². The molecule has 0 bridgehead atoms. The Morgan fingerprint density at radius 1 is 0.923 bits per heavy atom. The average Bonchev–Trinajstić information content (AvgIpc) is 3.01. The first-order chi connectivity index (χ1) is 12.3. The quantitative estimate of drug-likeness (QED) is 0.867. The summed E-state index contributed by atoms with van der Waals surface area (Å²) in [5.74, 6) is 2.59. The molecule has 1 aromatic carbocycles. The number of ether oxygens (including phenoxy) is 1. The Kier molecular flexibility index (Phi) is 6.82. The van der Waals surface area contributed by atoms with Gasteiger partial charge in [-0.3, -0.25) is 4.79 Å². The van der Waals surface area contributed by atoms with Gasteiger partial charge < -0.3 is 15.0 Å². The Morgan fingerprint density at radius 3 is 2.15 bits per heavy atom. The van der Waals surface area contributed by atoms with Crippen LogP contribution < -0.4 is 10.1 Å². The maximum atomic E-state index is 12.8. The minimum Gasteiger partial charge on any atom is -0.490 e. The summed E-state index contributed by atoms with van der Waals surface area (Å²) < 4.78 is 6.07. The fourth-order valence-corrected chi connectivity index (χ4v) is 4.66. The smallest absolute Gasteiger partial charge is 0.253 e. The van der Waals surface area contributed by atoms with E-state index in [1.807, 2.05) is 24.3 Å². The van der Waals surface area contributed by atoms with Crippen molar-refractivity contribution in [1.82, 2.24) is 10.2 Å². The number of hydrogen-bond donors (Lipinski definition) is 1. The van der Waals surface area contributed by atoms with Crippen molar-refractivity contribution in [3.05, 3.63) is 29.8 Å². The monoisotopic (exact) mass is 378 g/mol. The van der Waals surface area contributed by atoms with Gasteiger partial charge in [0.25, 0.3) is 5.91 Å². The summed E-state index contributed by atoms with van der Waals surface area (Å²) in [4.78, 5) is 14.9. The van der Waals surface area contributed by atoms with Crippen molar-refractivity contribution < 1.29 is 9.53 Å². The number of nitrogens with one attached hydrogen (secondary N) is 1. The normalized spacial score (nSPS) is 26.5. The molecule has 2 saturated heterocycles. The molecule has 0 radical (unpaired) electrons. The van der Waals surface area contributed by atoms with Crippen molar-refractivity contribution in [2.45, 2.75) is 51.0 Å². The number of fused-ring (bicyclic) bond motifs is 1. The number of carbonyl (C=O) groups excluding carboxylic acids is 1. The van der Waals surface area contributed by atoms with E-state index in [0.717, 1.165) is 75.0 Å². The van der Waals surface area contributed by atoms with Gasteiger partial charge in [-0.1, -0.05) is 6.42 Å². The molecule has 1 amide bonds. The molecule has 1 aromatic rings. The summed E-state index contributed by atoms with van der Waals surface area (Å²) in [7, 11) is 0. The average molecular weight is 379 g/mol. The van der Waals surface area contributed by atoms with Crippen LogP contribution in [0.3, 0.4) is 0 Å². The van der Waals surface area contributed by atoms with Crippen LogP contribution in [0.1, 0.15) is 55.3 Å². The van der Waals surface area contributed by atoms with E-state index in [1.165, 1.54) is 19.3 Å². The molecule has 1 N–H and O–H groups in total. The van der Waals surface area contributed by atoms with E-state index in [1.54, 1.807) is 0 Å². The predicted octanol–water partition coefficient (Wildman–Crippen LogP) is 3.89. The molecule has 0 unspecified atom stereocenters. The van der Waals surface area contributed by atoms with Gasteiger partial charge in [0.1, 0.15) is 5.75 Å². The summed E-state index contributed by atoms with van der Waals surface area (Å²) >= 11 is 0. The van der Waals surface area contributed by atoms with Crippen LogP contribution >= 0.6 is 12.4 Å². The van der Waals surface area contributed by atoms with Crippen LogP contribution in [0.5, 0.6) is 5.75 Å². The molecule has 2 atom stereocenters. The highest BCUT2D eigenvalue weighted by atomic mass is 35.5. The van der Waals surface area contributed by atoms with E-state index in [-0.39, 0.29) is 18.3 Å². The van der Waals surface area contributed by atoms with Crippen LogP contribution in [0.25, 0.3) is 0 Å². The highest BCUT2D eigenvalue weighted by Crippen LogP contribution is 2.28. The lowest BCUT2D eigenvalue weighted by atomic mass is 9.92. The fourth-order valence-electron chi connectivity index (χ4n) is 4.66. The SMILES string of the molecule is Cl.O=C(c1ccc(OC2CCCCC2)cc1)N1CC[C@@H]2CNC[C@@H]2CC1. The molecule has 1 saturated carbocycles. The molecule has 1 aliphatic carbocycles. The van der Waals surface area contributed by atoms with Gasteiger partial charge in [0.2, 0.25) is 0 Å². The number of carbonyl (C=O) groups is 1. The first kappa shape index (κ1) is 19.5. The Bertz CT molecular complexity index is 572. The third-order valence-corrected chi connectivity index (χ3v) is 6.26. The standard InChI is InChI=1S/C21H30N2O2.ClH/c24-21(23-12-10-17-14-22-15-18(17)11-13-23)16-6-8-20(9-7-16)25-19-4-2-1-3-5-19;/h6-9,17-19,22H,1-5,10-15H2;1H/t17-,18+;. The van der Waals surface area contributed by atoms with Gasteiger partial charge in [-0.2, -0.15) is 0 Å². The molecule has 26 heavy (non-hydrogen) atoms. The van der Waals surface area contributed by atoms with Gasteiger partial charge in [0.15, 0.2) is 0 Å². The zero-order valence-electron chi connectivity index (χ0n) is 15.5. The van der Waals surface area contributed by atoms with Crippen molar-refractivity contribution in [3.63, 3.8) is 0 Å². The summed E-state index contributed by atoms with van der Waals surface area (Å²) in [6, 6.07) is 7.82. The molecule has 144 valence electrons. The van der Waals surface area contributed by atoms with E-state index >= 15 is 0 Å². The molecule has 0 spiro atoms. The second-order valence-corrected chi connectivity index (χ2v) is 7.95. The number of halogens is 1. The second kappa shape index (κ2) is 9.09. The van der Waals surface area contributed by atoms with Gasteiger partial charge in [-0.25, -0.2) is 0 Å². The van der Waals surface area contributed by atoms with E-state index in [9.17, 15) is 4.79 Å². The molecule has 4 nitrogen and oxygen atoms in total. The Balaban J connectivity index is 0.00000196. The minimum absolute atomic E-state index is 0. The van der Waals surface area contributed by atoms with Crippen molar-refractivity contribution in [2.75, 3.05) is 26.2 Å². The lowest BCUT2D eigenvalue weighted by Gasteiger charge is -2.23. The van der Waals surface area contributed by atoms with Gasteiger partial charge >= 0.3 is 0 Å². The minimum atomic E-state index is 0. The third kappa shape index (κ3) is 4.52. The molecule has 3 fully saturated rings. The van der Waals surface area contributed by atoms with Crippen LogP contribution in [0.4, 0.5) is 0 Å². The number of nitrogens with zero attached hydrogens (tertiary/aromatic N) is 1. The van der Waals surface area contributed by atoms with Crippen LogP contribution in [-0.4, -0.2) is 43.1 Å². The summed E-state index contributed by atoms with van der Waals surface area (Å²) in [5, 5.41) is 3.49. The molecule has 2 heterocycles. The third-order valence-electron chi connectivity index (χ3n) is 6.26. The number of rotatable bonds is 3. The van der Waals surface area contributed by atoms with Crippen molar-refractivity contribution in [2.24, 2.45) is 11.8 Å². The molecule has 2 aliphatic heterocycles. The van der Waals surface area contributed by atoms with Crippen molar-refractivity contribution >= 4 is 18.3 Å². The first-order valence-corrected chi connectivity index (χ1v) is 10.1. The van der Waals surface area contributed by atoms with Crippen LogP contribution in [0, 0.1) is 11.8 Å². The first-order valence-electron chi connectivity index (χ1n) is 10.1. The number of likely N-dealkylation sites (tertiary alicyclic amines) is 1. The van der Waals surface area contributed by atoms with Gasteiger partial charge in [0, 0.05) is 18.7 Å². The zero-order valence-corrected chi connectivity index (χ0v) is 16.3. The van der Waals surface area contributed by atoms with E-state index in [4.69, 9.17) is 4.74 Å². The number of hydrogen-bond acceptors (Lipinski definition) is 3. The predicted molar refractivity (Wildman–Crippen MR) is 106 cm³/mol. The number of amides is 1. The van der Waals surface area contributed by atoms with E-state index in [2.05, 4.69) is 10.2 Å². The van der Waals surface area contributed by atoms with Crippen molar-refractivity contribution in [1.29, 1.82) is 0 Å². The Hall–Kier alpha value is -1.26. The highest BCUT2D eigenvalue weighted by Gasteiger charge is 2.31. The molecule has 4 rings (SSSR count). The van der Waals surface area contributed by atoms with Crippen molar-refractivity contribution in [3.8, 4) is 5.75 Å². The van der Waals surface area contributed by atoms with Crippen LogP contribution in [0.15, 0.2) is 24.3 Å². The molecular weight excluding hydrogens is 348 g/mol. The molecular formula is C21H31ClN2O2. The summed E-state index contributed by atoms with van der Waals surface area (Å²) in [5.41, 5.74) is 0.793. The lowest BCUT2D eigenvalue weighted by Crippen LogP contribution is -2.32.